The summed E-state index contributed by atoms with van der Waals surface area (Å²) in [7, 11) is 0. The Balaban J connectivity index is 2.65. The third-order valence-corrected chi connectivity index (χ3v) is 2.48. The summed E-state index contributed by atoms with van der Waals surface area (Å²) in [5.74, 6) is 0.242. The van der Waals surface area contributed by atoms with Crippen LogP contribution in [0.3, 0.4) is 0 Å². The molecular weight excluding hydrogens is 236 g/mol. The average molecular weight is 242 g/mol. The van der Waals surface area contributed by atoms with Crippen molar-refractivity contribution in [1.82, 2.24) is 0 Å². The first-order valence-corrected chi connectivity index (χ1v) is 5.50. The third-order valence-electron chi connectivity index (χ3n) is 1.95. The molecule has 2 aromatic rings. The van der Waals surface area contributed by atoms with E-state index in [9.17, 15) is 8.76 Å². The molecule has 0 aliphatic rings. The van der Waals surface area contributed by atoms with Gasteiger partial charge in [0.05, 0.1) is 0 Å². The van der Waals surface area contributed by atoms with E-state index in [-0.39, 0.29) is 5.75 Å². The van der Waals surface area contributed by atoms with Crippen molar-refractivity contribution in [3.8, 4) is 5.75 Å². The van der Waals surface area contributed by atoms with E-state index >= 15 is 0 Å². The van der Waals surface area contributed by atoms with E-state index in [1.165, 1.54) is 6.07 Å². The van der Waals surface area contributed by atoms with Gasteiger partial charge in [-0.05, 0) is 11.5 Å². The smallest absolute Gasteiger partial charge is 0.148 e. The van der Waals surface area contributed by atoms with Crippen LogP contribution in [0.2, 0.25) is 5.02 Å². The van der Waals surface area contributed by atoms with Crippen LogP contribution in [0.5, 0.6) is 5.75 Å². The van der Waals surface area contributed by atoms with Crippen LogP contribution in [0, 0.1) is 0 Å². The minimum absolute atomic E-state index is 0.242. The van der Waals surface area contributed by atoms with Gasteiger partial charge in [0.15, 0.2) is 0 Å². The largest absolute Gasteiger partial charge is 0.740 e. The molecule has 15 heavy (non-hydrogen) atoms. The number of hydrogen-bond donors (Lipinski definition) is 0. The van der Waals surface area contributed by atoms with Gasteiger partial charge in [-0.2, -0.15) is 0 Å². The van der Waals surface area contributed by atoms with Crippen LogP contribution in [-0.4, -0.2) is 8.76 Å². The van der Waals surface area contributed by atoms with Crippen LogP contribution in [0.4, 0.5) is 0 Å². The summed E-state index contributed by atoms with van der Waals surface area (Å²) in [6, 6.07) is 10.5. The fourth-order valence-corrected chi connectivity index (χ4v) is 1.88. The molecule has 0 saturated carbocycles. The molecule has 5 heteroatoms. The van der Waals surface area contributed by atoms with Gasteiger partial charge in [-0.15, -0.1) is 0 Å². The molecule has 0 saturated heterocycles. The maximum absolute atomic E-state index is 10.5. The van der Waals surface area contributed by atoms with Crippen molar-refractivity contribution >= 4 is 33.7 Å². The Morgan fingerprint density at radius 3 is 2.73 bits per heavy atom. The molecular formula is C10H6ClO3S-. The van der Waals surface area contributed by atoms with Gasteiger partial charge in [0.1, 0.15) is 17.1 Å². The Morgan fingerprint density at radius 1 is 1.27 bits per heavy atom. The van der Waals surface area contributed by atoms with E-state index in [0.717, 1.165) is 5.39 Å². The monoisotopic (exact) mass is 241 g/mol. The molecule has 2 rings (SSSR count). The molecule has 0 amide bonds. The number of halogens is 1. The molecule has 3 nitrogen and oxygen atoms in total. The first-order chi connectivity index (χ1) is 7.16. The lowest BCUT2D eigenvalue weighted by atomic mass is 10.1. The Kier molecular flexibility index (Phi) is 2.90. The molecule has 0 aliphatic heterocycles. The molecule has 0 spiro atoms. The second kappa shape index (κ2) is 4.18. The predicted octanol–water partition coefficient (Wildman–Crippen LogP) is 2.67. The van der Waals surface area contributed by atoms with Crippen molar-refractivity contribution in [1.29, 1.82) is 0 Å². The summed E-state index contributed by atoms with van der Waals surface area (Å²) in [6.45, 7) is 0. The summed E-state index contributed by atoms with van der Waals surface area (Å²) in [5, 5.41) is 1.99. The van der Waals surface area contributed by atoms with Gasteiger partial charge in [0.2, 0.25) is 0 Å². The molecule has 78 valence electrons. The highest BCUT2D eigenvalue weighted by Crippen LogP contribution is 2.30. The normalized spacial score (nSPS) is 12.7. The number of rotatable bonds is 2. The summed E-state index contributed by atoms with van der Waals surface area (Å²) in [5.41, 5.74) is 0. The zero-order valence-corrected chi connectivity index (χ0v) is 9.05. The van der Waals surface area contributed by atoms with E-state index in [1.807, 2.05) is 12.1 Å². The zero-order valence-electron chi connectivity index (χ0n) is 7.48. The lowest BCUT2D eigenvalue weighted by Gasteiger charge is -2.10. The van der Waals surface area contributed by atoms with Crippen molar-refractivity contribution < 1.29 is 12.9 Å². The molecule has 1 atom stereocenters. The van der Waals surface area contributed by atoms with Crippen LogP contribution in [0.1, 0.15) is 0 Å². The van der Waals surface area contributed by atoms with Gasteiger partial charge < -0.3 is 8.74 Å². The predicted molar refractivity (Wildman–Crippen MR) is 58.5 cm³/mol. The second-order valence-corrected chi connectivity index (χ2v) is 3.92. The van der Waals surface area contributed by atoms with Crippen LogP contribution in [-0.2, 0) is 11.4 Å². The number of fused-ring (bicyclic) bond motifs is 1. The minimum Gasteiger partial charge on any atom is -0.740 e. The summed E-state index contributed by atoms with van der Waals surface area (Å²) in [6.07, 6.45) is 0. The highest BCUT2D eigenvalue weighted by molar-refractivity contribution is 7.74. The van der Waals surface area contributed by atoms with Crippen LogP contribution in [0.25, 0.3) is 10.8 Å². The summed E-state index contributed by atoms with van der Waals surface area (Å²) in [4.78, 5) is 0. The van der Waals surface area contributed by atoms with E-state index in [1.54, 1.807) is 18.2 Å². The molecule has 0 aliphatic carbocycles. The molecule has 0 bridgehead atoms. The average Bonchev–Trinajstić information content (AvgIpc) is 2.16. The van der Waals surface area contributed by atoms with Gasteiger partial charge in [-0.25, -0.2) is 4.21 Å². The topological polar surface area (TPSA) is 49.4 Å². The summed E-state index contributed by atoms with van der Waals surface area (Å²) >= 11 is 3.24. The van der Waals surface area contributed by atoms with Crippen molar-refractivity contribution in [3.05, 3.63) is 41.4 Å². The van der Waals surface area contributed by atoms with Crippen molar-refractivity contribution in [2.24, 2.45) is 0 Å². The zero-order chi connectivity index (χ0) is 10.8. The quantitative estimate of drug-likeness (QED) is 0.760. The van der Waals surface area contributed by atoms with E-state index < -0.39 is 11.4 Å². The molecule has 0 aromatic heterocycles. The number of benzene rings is 2. The molecule has 0 fully saturated rings. The van der Waals surface area contributed by atoms with Crippen LogP contribution in [0.15, 0.2) is 36.4 Å². The molecule has 0 heterocycles. The molecule has 1 unspecified atom stereocenters. The fourth-order valence-electron chi connectivity index (χ4n) is 1.38. The van der Waals surface area contributed by atoms with Crippen molar-refractivity contribution in [2.75, 3.05) is 0 Å². The maximum Gasteiger partial charge on any atom is 0.148 e. The Hall–Kier alpha value is -1.10. The standard InChI is InChI=1S/C10H7ClO3S/c11-8-5-7-3-1-2-4-9(7)10(6-8)14-15(12)13/h1-6H,(H,12,13)/p-1. The lowest BCUT2D eigenvalue weighted by molar-refractivity contribution is 0.442. The summed E-state index contributed by atoms with van der Waals surface area (Å²) < 4.78 is 25.6. The highest BCUT2D eigenvalue weighted by atomic mass is 35.5. The van der Waals surface area contributed by atoms with Crippen molar-refractivity contribution in [2.45, 2.75) is 0 Å². The first-order valence-electron chi connectivity index (χ1n) is 4.13. The Labute approximate surface area is 94.1 Å². The van der Waals surface area contributed by atoms with Gasteiger partial charge in [0.25, 0.3) is 0 Å². The fraction of sp³-hybridized carbons (Fsp3) is 0. The minimum atomic E-state index is -2.59. The van der Waals surface area contributed by atoms with E-state index in [0.29, 0.717) is 10.4 Å². The van der Waals surface area contributed by atoms with E-state index in [2.05, 4.69) is 4.18 Å². The maximum atomic E-state index is 10.5. The molecule has 0 N–H and O–H groups in total. The lowest BCUT2D eigenvalue weighted by Crippen LogP contribution is -1.98. The van der Waals surface area contributed by atoms with Crippen LogP contribution >= 0.6 is 11.6 Å². The van der Waals surface area contributed by atoms with Crippen molar-refractivity contribution in [3.63, 3.8) is 0 Å². The second-order valence-electron chi connectivity index (χ2n) is 2.91. The first kappa shape index (κ1) is 10.4. The van der Waals surface area contributed by atoms with Gasteiger partial charge in [-0.1, -0.05) is 35.9 Å². The Morgan fingerprint density at radius 2 is 2.00 bits per heavy atom. The van der Waals surface area contributed by atoms with Gasteiger partial charge in [-0.3, -0.25) is 0 Å². The Bertz CT molecular complexity index is 527. The van der Waals surface area contributed by atoms with Crippen LogP contribution < -0.4 is 4.18 Å². The molecule has 0 radical (unpaired) electrons. The van der Waals surface area contributed by atoms with Gasteiger partial charge >= 0.3 is 0 Å². The SMILES string of the molecule is O=S([O-])Oc1cc(Cl)cc2ccccc12. The highest BCUT2D eigenvalue weighted by Gasteiger charge is 2.04. The van der Waals surface area contributed by atoms with Gasteiger partial charge in [0, 0.05) is 16.5 Å². The molecule has 2 aromatic carbocycles. The van der Waals surface area contributed by atoms with E-state index in [4.69, 9.17) is 11.6 Å². The number of hydrogen-bond acceptors (Lipinski definition) is 3. The third kappa shape index (κ3) is 2.28.